The van der Waals surface area contributed by atoms with E-state index in [1.54, 1.807) is 0 Å². The first-order chi connectivity index (χ1) is 23.8. The molecule has 4 nitrogen and oxygen atoms in total. The largest absolute Gasteiger partial charge is 2.00 e. The molecule has 0 fully saturated rings. The summed E-state index contributed by atoms with van der Waals surface area (Å²) in [5, 5.41) is 4.63. The summed E-state index contributed by atoms with van der Waals surface area (Å²) in [6, 6.07) is 21.1. The van der Waals surface area contributed by atoms with E-state index in [2.05, 4.69) is 124 Å². The summed E-state index contributed by atoms with van der Waals surface area (Å²) in [7, 11) is -21.3. The minimum Gasteiger partial charge on any atom is 2.00 e. The standard InChI is InChI=1S/2C18H20N2.2F6P.Pd/c2*1-12(18(2,3)4)15-10-14-8-7-13-6-5-9-19-16(13)17(14)20-11-15;2*1-7(2,3,4,5)6;/h2*5-12H,1-4H3;;;/q;;2*-1;+2. The van der Waals surface area contributed by atoms with Crippen LogP contribution < -0.4 is 0 Å². The zero-order valence-electron chi connectivity index (χ0n) is 30.8. The molecule has 0 N–H and O–H groups in total. The molecule has 4 aromatic heterocycles. The third-order valence-corrected chi connectivity index (χ3v) is 8.49. The molecule has 19 heteroatoms. The Kier molecular flexibility index (Phi) is 12.7. The minimum absolute atomic E-state index is 0. The number of rotatable bonds is 2. The SMILES string of the molecule is CC(c1cnc2c(ccc3cccnc32)c1)C(C)(C)C.CC(c1cnc2c(ccc3cccnc32)c1)C(C)(C)C.F[P-](F)(F)(F)(F)F.F[P-](F)(F)(F)(F)F.[Pd+2]. The fraction of sp³-hybridized carbons (Fsp3) is 0.333. The van der Waals surface area contributed by atoms with Gasteiger partial charge in [0.25, 0.3) is 0 Å². The van der Waals surface area contributed by atoms with Crippen LogP contribution in [-0.2, 0) is 20.4 Å². The van der Waals surface area contributed by atoms with Crippen molar-refractivity contribution in [3.05, 3.63) is 96.6 Å². The maximum absolute atomic E-state index is 10.7. The van der Waals surface area contributed by atoms with E-state index in [4.69, 9.17) is 0 Å². The summed E-state index contributed by atoms with van der Waals surface area (Å²) in [6.07, 6.45) is 7.67. The second-order valence-electron chi connectivity index (χ2n) is 15.1. The maximum Gasteiger partial charge on any atom is 2.00 e. The van der Waals surface area contributed by atoms with Crippen molar-refractivity contribution >= 4 is 59.2 Å². The normalized spacial score (nSPS) is 15.9. The molecule has 0 aliphatic rings. The molecular formula is C36H40F12N4P2Pd. The van der Waals surface area contributed by atoms with Gasteiger partial charge in [0.15, 0.2) is 0 Å². The molecule has 2 unspecified atom stereocenters. The first-order valence-corrected chi connectivity index (χ1v) is 20.3. The molecule has 0 aliphatic carbocycles. The van der Waals surface area contributed by atoms with Crippen LogP contribution in [0.1, 0.15) is 78.4 Å². The van der Waals surface area contributed by atoms with Crippen LogP contribution in [0.3, 0.4) is 0 Å². The number of hydrogen-bond donors (Lipinski definition) is 0. The summed E-state index contributed by atoms with van der Waals surface area (Å²) >= 11 is 0. The molecule has 6 rings (SSSR count). The quantitative estimate of drug-likeness (QED) is 0.0751. The molecule has 0 aliphatic heterocycles. The molecule has 55 heavy (non-hydrogen) atoms. The maximum atomic E-state index is 9.87. The van der Waals surface area contributed by atoms with Gasteiger partial charge in [-0.1, -0.05) is 91.8 Å². The van der Waals surface area contributed by atoms with E-state index in [0.717, 1.165) is 32.8 Å². The summed E-state index contributed by atoms with van der Waals surface area (Å²) in [5.41, 5.74) is 7.02. The smallest absolute Gasteiger partial charge is 2.00 e. The van der Waals surface area contributed by atoms with Gasteiger partial charge in [0.2, 0.25) is 0 Å². The molecule has 0 saturated carbocycles. The number of benzene rings is 2. The second kappa shape index (κ2) is 14.6. The summed E-state index contributed by atoms with van der Waals surface area (Å²) < 4.78 is 118. The molecule has 2 aromatic carbocycles. The van der Waals surface area contributed by atoms with Crippen molar-refractivity contribution in [1.29, 1.82) is 0 Å². The Hall–Kier alpha value is -3.24. The van der Waals surface area contributed by atoms with Crippen molar-refractivity contribution in [2.24, 2.45) is 10.8 Å². The third kappa shape index (κ3) is 17.6. The molecule has 6 aromatic rings. The number of fused-ring (bicyclic) bond motifs is 6. The van der Waals surface area contributed by atoms with Gasteiger partial charge in [0.05, 0.1) is 22.1 Å². The number of halogens is 12. The van der Waals surface area contributed by atoms with Crippen LogP contribution in [-0.4, -0.2) is 19.9 Å². The Labute approximate surface area is 323 Å². The van der Waals surface area contributed by atoms with Gasteiger partial charge >= 0.3 is 86.4 Å². The van der Waals surface area contributed by atoms with E-state index in [9.17, 15) is 50.4 Å². The van der Waals surface area contributed by atoms with Crippen LogP contribution >= 0.6 is 15.6 Å². The fourth-order valence-electron chi connectivity index (χ4n) is 4.98. The molecule has 308 valence electrons. The molecule has 0 spiro atoms. The molecule has 0 amide bonds. The number of nitrogens with zero attached hydrogens (tertiary/aromatic N) is 4. The Bertz CT molecular complexity index is 2110. The molecular weight excluding hydrogens is 885 g/mol. The van der Waals surface area contributed by atoms with Crippen molar-refractivity contribution in [3.8, 4) is 0 Å². The van der Waals surface area contributed by atoms with E-state index in [1.807, 2.05) is 36.9 Å². The third-order valence-electron chi connectivity index (χ3n) is 8.49. The van der Waals surface area contributed by atoms with Crippen LogP contribution in [0.25, 0.3) is 43.6 Å². The van der Waals surface area contributed by atoms with Gasteiger partial charge in [-0.25, -0.2) is 0 Å². The fourth-order valence-corrected chi connectivity index (χ4v) is 4.98. The first kappa shape index (κ1) is 47.9. The van der Waals surface area contributed by atoms with Crippen LogP contribution in [0.2, 0.25) is 0 Å². The first-order valence-electron chi connectivity index (χ1n) is 16.2. The van der Waals surface area contributed by atoms with Crippen LogP contribution in [0.5, 0.6) is 0 Å². The topological polar surface area (TPSA) is 51.6 Å². The van der Waals surface area contributed by atoms with E-state index >= 15 is 0 Å². The number of hydrogen-bond acceptors (Lipinski definition) is 4. The molecule has 4 heterocycles. The average molecular weight is 925 g/mol. The summed E-state index contributed by atoms with van der Waals surface area (Å²) in [4.78, 5) is 18.3. The van der Waals surface area contributed by atoms with Crippen molar-refractivity contribution in [2.75, 3.05) is 0 Å². The number of pyridine rings is 4. The molecule has 0 radical (unpaired) electrons. The molecule has 0 saturated heterocycles. The average Bonchev–Trinajstić information content (AvgIpc) is 2.99. The summed E-state index contributed by atoms with van der Waals surface area (Å²) in [6.45, 7) is 18.1. The Morgan fingerprint density at radius 2 is 0.691 bits per heavy atom. The van der Waals surface area contributed by atoms with Gasteiger partial charge in [-0.05, 0) is 58.1 Å². The second-order valence-corrected chi connectivity index (χ2v) is 18.9. The zero-order chi connectivity index (χ0) is 41.5. The predicted molar refractivity (Wildman–Crippen MR) is 197 cm³/mol. The van der Waals surface area contributed by atoms with Crippen LogP contribution in [0.15, 0.2) is 85.5 Å². The zero-order valence-corrected chi connectivity index (χ0v) is 34.1. The van der Waals surface area contributed by atoms with Gasteiger partial charge in [-0.3, -0.25) is 19.9 Å². The number of aromatic nitrogens is 4. The van der Waals surface area contributed by atoms with E-state index in [1.165, 1.54) is 21.9 Å². The van der Waals surface area contributed by atoms with Gasteiger partial charge in [0, 0.05) is 46.3 Å². The Morgan fingerprint density at radius 1 is 0.436 bits per heavy atom. The van der Waals surface area contributed by atoms with E-state index < -0.39 is 15.6 Å². The monoisotopic (exact) mass is 924 g/mol. The molecule has 2 atom stereocenters. The van der Waals surface area contributed by atoms with Crippen molar-refractivity contribution in [3.63, 3.8) is 0 Å². The van der Waals surface area contributed by atoms with Crippen molar-refractivity contribution < 1.29 is 70.8 Å². The predicted octanol–water partition coefficient (Wildman–Crippen LogP) is 16.6. The summed E-state index contributed by atoms with van der Waals surface area (Å²) in [5.74, 6) is 0.942. The van der Waals surface area contributed by atoms with Crippen molar-refractivity contribution in [1.82, 2.24) is 19.9 Å². The molecule has 0 bridgehead atoms. The van der Waals surface area contributed by atoms with Crippen LogP contribution in [0, 0.1) is 10.8 Å². The van der Waals surface area contributed by atoms with Gasteiger partial charge < -0.3 is 0 Å². The minimum atomic E-state index is -10.7. The van der Waals surface area contributed by atoms with Gasteiger partial charge in [-0.2, -0.15) is 0 Å². The Morgan fingerprint density at radius 3 is 0.964 bits per heavy atom. The Balaban J connectivity index is 0.000000281. The van der Waals surface area contributed by atoms with Gasteiger partial charge in [-0.15, -0.1) is 0 Å². The van der Waals surface area contributed by atoms with Crippen LogP contribution in [0.4, 0.5) is 50.4 Å². The van der Waals surface area contributed by atoms with E-state index in [-0.39, 0.29) is 31.3 Å². The van der Waals surface area contributed by atoms with Gasteiger partial charge in [0.1, 0.15) is 0 Å². The van der Waals surface area contributed by atoms with Crippen molar-refractivity contribution in [2.45, 2.75) is 67.2 Å². The van der Waals surface area contributed by atoms with E-state index in [0.29, 0.717) is 11.8 Å².